The topological polar surface area (TPSA) is 86.6 Å². The van der Waals surface area contributed by atoms with Crippen molar-refractivity contribution in [3.63, 3.8) is 0 Å². The van der Waals surface area contributed by atoms with Gasteiger partial charge in [0.25, 0.3) is 5.56 Å². The summed E-state index contributed by atoms with van der Waals surface area (Å²) in [6.45, 7) is 7.14. The number of carbonyl (C=O) groups excluding carboxylic acids is 2. The van der Waals surface area contributed by atoms with Crippen molar-refractivity contribution in [1.29, 1.82) is 0 Å². The van der Waals surface area contributed by atoms with Gasteiger partial charge >= 0.3 is 12.1 Å². The Kier molecular flexibility index (Phi) is 6.84. The van der Waals surface area contributed by atoms with Gasteiger partial charge in [-0.1, -0.05) is 24.3 Å². The molecule has 0 aliphatic heterocycles. The van der Waals surface area contributed by atoms with E-state index in [-0.39, 0.29) is 12.0 Å². The van der Waals surface area contributed by atoms with E-state index in [9.17, 15) is 14.4 Å². The lowest BCUT2D eigenvalue weighted by molar-refractivity contribution is -0.143. The molecule has 1 N–H and O–H groups in total. The number of rotatable bonds is 5. The molecule has 0 spiro atoms. The molecule has 0 aliphatic rings. The summed E-state index contributed by atoms with van der Waals surface area (Å²) >= 11 is 0. The number of aryl methyl sites for hydroxylation is 2. The molecule has 2 aromatic rings. The minimum absolute atomic E-state index is 0.0583. The largest absolute Gasteiger partial charge is 0.467 e. The number of hydrogen-bond acceptors (Lipinski definition) is 5. The van der Waals surface area contributed by atoms with Gasteiger partial charge in [-0.25, -0.2) is 9.59 Å². The van der Waals surface area contributed by atoms with Crippen molar-refractivity contribution in [3.8, 4) is 11.1 Å². The first kappa shape index (κ1) is 22.2. The van der Waals surface area contributed by atoms with Crippen LogP contribution in [-0.2, 0) is 27.7 Å². The summed E-state index contributed by atoms with van der Waals surface area (Å²) in [4.78, 5) is 35.9. The number of hydrogen-bond donors (Lipinski definition) is 1. The van der Waals surface area contributed by atoms with Crippen molar-refractivity contribution in [2.45, 2.75) is 45.8 Å². The molecule has 0 fully saturated rings. The Morgan fingerprint density at radius 1 is 1.17 bits per heavy atom. The lowest BCUT2D eigenvalue weighted by atomic mass is 9.99. The molecular weight excluding hydrogens is 372 g/mol. The van der Waals surface area contributed by atoms with E-state index in [0.29, 0.717) is 0 Å². The Hall–Kier alpha value is -3.09. The van der Waals surface area contributed by atoms with Crippen LogP contribution in [0.5, 0.6) is 0 Å². The van der Waals surface area contributed by atoms with Crippen LogP contribution < -0.4 is 10.9 Å². The number of alkyl carbamates (subject to hydrolysis) is 1. The normalized spacial score (nSPS) is 12.2. The lowest BCUT2D eigenvalue weighted by Gasteiger charge is -2.22. The number of nitrogens with one attached hydrogen (secondary N) is 1. The van der Waals surface area contributed by atoms with Gasteiger partial charge in [0.15, 0.2) is 0 Å². The molecule has 0 aliphatic carbocycles. The first-order valence-corrected chi connectivity index (χ1v) is 9.34. The Bertz CT molecular complexity index is 939. The van der Waals surface area contributed by atoms with Crippen molar-refractivity contribution in [1.82, 2.24) is 9.88 Å². The van der Waals surface area contributed by atoms with Crippen molar-refractivity contribution in [2.24, 2.45) is 7.05 Å². The van der Waals surface area contributed by atoms with Crippen molar-refractivity contribution in [2.75, 3.05) is 7.11 Å². The maximum absolute atomic E-state index is 12.1. The summed E-state index contributed by atoms with van der Waals surface area (Å²) < 4.78 is 11.6. The van der Waals surface area contributed by atoms with E-state index in [4.69, 9.17) is 9.47 Å². The summed E-state index contributed by atoms with van der Waals surface area (Å²) in [7, 11) is 2.99. The molecule has 1 unspecified atom stereocenters. The Balaban J connectivity index is 2.18. The molecule has 0 saturated carbocycles. The molecule has 7 nitrogen and oxygen atoms in total. The number of aromatic nitrogens is 1. The average Bonchev–Trinajstić information content (AvgIpc) is 2.62. The monoisotopic (exact) mass is 400 g/mol. The molecule has 29 heavy (non-hydrogen) atoms. The van der Waals surface area contributed by atoms with Gasteiger partial charge < -0.3 is 19.4 Å². The SMILES string of the molecule is COC(=O)C(Cc1ccc(-c2cn(C)c(=O)cc2C)cc1)NC(=O)OC(C)(C)C. The van der Waals surface area contributed by atoms with Crippen LogP contribution in [0.4, 0.5) is 4.79 Å². The zero-order valence-electron chi connectivity index (χ0n) is 17.7. The molecule has 2 rings (SSSR count). The van der Waals surface area contributed by atoms with E-state index in [0.717, 1.165) is 22.3 Å². The second-order valence-electron chi connectivity index (χ2n) is 7.94. The zero-order valence-corrected chi connectivity index (χ0v) is 17.7. The summed E-state index contributed by atoms with van der Waals surface area (Å²) in [5.74, 6) is -0.547. The van der Waals surface area contributed by atoms with Crippen LogP contribution in [0.2, 0.25) is 0 Å². The van der Waals surface area contributed by atoms with Gasteiger partial charge in [0.2, 0.25) is 0 Å². The third-order valence-electron chi connectivity index (χ3n) is 4.32. The quantitative estimate of drug-likeness (QED) is 0.780. The summed E-state index contributed by atoms with van der Waals surface area (Å²) in [6.07, 6.45) is 1.39. The highest BCUT2D eigenvalue weighted by Gasteiger charge is 2.25. The molecule has 1 heterocycles. The fraction of sp³-hybridized carbons (Fsp3) is 0.409. The van der Waals surface area contributed by atoms with Gasteiger partial charge in [-0.2, -0.15) is 0 Å². The highest BCUT2D eigenvalue weighted by molar-refractivity contribution is 5.81. The average molecular weight is 400 g/mol. The number of methoxy groups -OCH3 is 1. The van der Waals surface area contributed by atoms with Gasteiger partial charge in [0.1, 0.15) is 11.6 Å². The van der Waals surface area contributed by atoms with Crippen LogP contribution in [-0.4, -0.2) is 35.4 Å². The fourth-order valence-electron chi connectivity index (χ4n) is 2.87. The molecule has 0 radical (unpaired) electrons. The Labute approximate surface area is 170 Å². The fourth-order valence-corrected chi connectivity index (χ4v) is 2.87. The van der Waals surface area contributed by atoms with Gasteiger partial charge in [-0.15, -0.1) is 0 Å². The maximum Gasteiger partial charge on any atom is 0.408 e. The summed E-state index contributed by atoms with van der Waals surface area (Å²) in [6, 6.07) is 8.34. The predicted molar refractivity (Wildman–Crippen MR) is 111 cm³/mol. The maximum atomic E-state index is 12.1. The second kappa shape index (κ2) is 8.94. The first-order chi connectivity index (χ1) is 13.5. The third kappa shape index (κ3) is 6.20. The van der Waals surface area contributed by atoms with Crippen LogP contribution in [0.25, 0.3) is 11.1 Å². The summed E-state index contributed by atoms with van der Waals surface area (Å²) in [5.41, 5.74) is 2.92. The van der Waals surface area contributed by atoms with E-state index in [1.807, 2.05) is 31.2 Å². The number of esters is 1. The van der Waals surface area contributed by atoms with Gasteiger partial charge in [-0.3, -0.25) is 4.79 Å². The molecule has 1 aromatic heterocycles. The third-order valence-corrected chi connectivity index (χ3v) is 4.32. The second-order valence-corrected chi connectivity index (χ2v) is 7.94. The van der Waals surface area contributed by atoms with Crippen LogP contribution >= 0.6 is 0 Å². The molecular formula is C22H28N2O5. The highest BCUT2D eigenvalue weighted by Crippen LogP contribution is 2.22. The summed E-state index contributed by atoms with van der Waals surface area (Å²) in [5, 5.41) is 2.57. The molecule has 1 atom stereocenters. The predicted octanol–water partition coefficient (Wildman–Crippen LogP) is 2.97. The van der Waals surface area contributed by atoms with E-state index < -0.39 is 23.7 Å². The van der Waals surface area contributed by atoms with Crippen molar-refractivity contribution in [3.05, 3.63) is 58.0 Å². The first-order valence-electron chi connectivity index (χ1n) is 9.34. The van der Waals surface area contributed by atoms with Gasteiger partial charge in [-0.05, 0) is 44.4 Å². The number of pyridine rings is 1. The molecule has 1 aromatic carbocycles. The number of amides is 1. The zero-order chi connectivity index (χ0) is 21.8. The molecule has 156 valence electrons. The molecule has 0 saturated heterocycles. The Morgan fingerprint density at radius 3 is 2.34 bits per heavy atom. The van der Waals surface area contributed by atoms with Crippen LogP contribution in [0.1, 0.15) is 31.9 Å². The van der Waals surface area contributed by atoms with Crippen LogP contribution in [0, 0.1) is 6.92 Å². The molecule has 0 bridgehead atoms. The number of nitrogens with zero attached hydrogens (tertiary/aromatic N) is 1. The van der Waals surface area contributed by atoms with E-state index >= 15 is 0 Å². The van der Waals surface area contributed by atoms with Gasteiger partial charge in [0.05, 0.1) is 7.11 Å². The molecule has 1 amide bonds. The van der Waals surface area contributed by atoms with E-state index in [2.05, 4.69) is 5.32 Å². The van der Waals surface area contributed by atoms with Crippen molar-refractivity contribution >= 4 is 12.1 Å². The van der Waals surface area contributed by atoms with E-state index in [1.165, 1.54) is 11.7 Å². The minimum Gasteiger partial charge on any atom is -0.467 e. The minimum atomic E-state index is -0.861. The number of carbonyl (C=O) groups is 2. The van der Waals surface area contributed by atoms with Crippen molar-refractivity contribution < 1.29 is 19.1 Å². The van der Waals surface area contributed by atoms with E-state index in [1.54, 1.807) is 40.1 Å². The Morgan fingerprint density at radius 2 is 1.79 bits per heavy atom. The molecule has 7 heteroatoms. The number of benzene rings is 1. The smallest absolute Gasteiger partial charge is 0.408 e. The lowest BCUT2D eigenvalue weighted by Crippen LogP contribution is -2.45. The van der Waals surface area contributed by atoms with Gasteiger partial charge in [0, 0.05) is 31.3 Å². The standard InChI is InChI=1S/C22H28N2O5/c1-14-11-19(25)24(5)13-17(14)16-9-7-15(8-10-16)12-18(20(26)28-6)23-21(27)29-22(2,3)4/h7-11,13,18H,12H2,1-6H3,(H,23,27). The highest BCUT2D eigenvalue weighted by atomic mass is 16.6. The van der Waals surface area contributed by atoms with Crippen LogP contribution in [0.15, 0.2) is 41.3 Å². The van der Waals surface area contributed by atoms with Crippen LogP contribution in [0.3, 0.4) is 0 Å². The number of ether oxygens (including phenoxy) is 2.